The molecule has 0 N–H and O–H groups in total. The molecule has 1 heterocycles. The van der Waals surface area contributed by atoms with E-state index in [9.17, 15) is 0 Å². The van der Waals surface area contributed by atoms with Crippen LogP contribution in [0, 0.1) is 0 Å². The van der Waals surface area contributed by atoms with Crippen LogP contribution >= 0.6 is 0 Å². The number of anilines is 1. The molecule has 0 aliphatic carbocycles. The molecule has 0 unspecified atom stereocenters. The molecule has 0 radical (unpaired) electrons. The normalized spacial score (nSPS) is 11.6. The van der Waals surface area contributed by atoms with Gasteiger partial charge in [-0.3, -0.25) is 4.98 Å². The van der Waals surface area contributed by atoms with Crippen LogP contribution in [0.25, 0.3) is 23.1 Å². The first kappa shape index (κ1) is 19.1. The number of para-hydroxylation sites is 1. The van der Waals surface area contributed by atoms with Crippen molar-refractivity contribution >= 4 is 28.7 Å². The second-order valence-electron chi connectivity index (χ2n) is 7.08. The maximum Gasteiger partial charge on any atom is 0.0707 e. The fourth-order valence-electron chi connectivity index (χ4n) is 3.29. The molecule has 0 saturated heterocycles. The van der Waals surface area contributed by atoms with Gasteiger partial charge in [-0.05, 0) is 69.4 Å². The Bertz CT molecular complexity index is 876. The predicted molar refractivity (Wildman–Crippen MR) is 118 cm³/mol. The first-order valence-corrected chi connectivity index (χ1v) is 9.69. The molecule has 0 amide bonds. The summed E-state index contributed by atoms with van der Waals surface area (Å²) in [5.41, 5.74) is 4.74. The van der Waals surface area contributed by atoms with Crippen LogP contribution in [0.4, 0.5) is 5.69 Å². The predicted octanol–water partition coefficient (Wildman–Crippen LogP) is 5.18. The van der Waals surface area contributed by atoms with Crippen molar-refractivity contribution in [3.05, 3.63) is 71.9 Å². The van der Waals surface area contributed by atoms with Gasteiger partial charge in [0.1, 0.15) is 0 Å². The zero-order chi connectivity index (χ0) is 19.1. The van der Waals surface area contributed by atoms with Crippen LogP contribution in [-0.2, 0) is 0 Å². The molecule has 3 heteroatoms. The summed E-state index contributed by atoms with van der Waals surface area (Å²) in [5, 5.41) is 1.19. The third-order valence-electron chi connectivity index (χ3n) is 4.81. The molecular weight excluding hydrogens is 330 g/mol. The summed E-state index contributed by atoms with van der Waals surface area (Å²) in [6.07, 6.45) is 7.40. The fraction of sp³-hybridized carbons (Fsp3) is 0.292. The van der Waals surface area contributed by atoms with Crippen molar-refractivity contribution in [3.8, 4) is 0 Å². The van der Waals surface area contributed by atoms with E-state index in [2.05, 4.69) is 96.5 Å². The lowest BCUT2D eigenvalue weighted by Gasteiger charge is -2.24. The van der Waals surface area contributed by atoms with Crippen molar-refractivity contribution < 1.29 is 0 Å². The average Bonchev–Trinajstić information content (AvgIpc) is 2.70. The maximum atomic E-state index is 4.43. The third kappa shape index (κ3) is 5.18. The van der Waals surface area contributed by atoms with E-state index in [0.717, 1.165) is 25.2 Å². The number of benzene rings is 2. The minimum Gasteiger partial charge on any atom is -0.372 e. The molecule has 1 aromatic heterocycles. The van der Waals surface area contributed by atoms with Crippen molar-refractivity contribution in [2.24, 2.45) is 0 Å². The molecular formula is C24H29N3. The zero-order valence-corrected chi connectivity index (χ0v) is 16.6. The van der Waals surface area contributed by atoms with Crippen LogP contribution in [-0.4, -0.2) is 43.6 Å². The molecule has 0 saturated carbocycles. The first-order chi connectivity index (χ1) is 13.2. The Balaban J connectivity index is 1.70. The molecule has 0 atom stereocenters. The van der Waals surface area contributed by atoms with E-state index >= 15 is 0 Å². The van der Waals surface area contributed by atoms with E-state index < -0.39 is 0 Å². The van der Waals surface area contributed by atoms with Crippen LogP contribution in [0.3, 0.4) is 0 Å². The van der Waals surface area contributed by atoms with Crippen molar-refractivity contribution in [1.29, 1.82) is 0 Å². The van der Waals surface area contributed by atoms with Crippen LogP contribution in [0.5, 0.6) is 0 Å². The summed E-state index contributed by atoms with van der Waals surface area (Å²) in [7, 11) is 4.26. The highest BCUT2D eigenvalue weighted by Gasteiger charge is 2.04. The largest absolute Gasteiger partial charge is 0.372 e. The van der Waals surface area contributed by atoms with Gasteiger partial charge in [0.05, 0.1) is 5.52 Å². The second-order valence-corrected chi connectivity index (χ2v) is 7.08. The number of aromatic nitrogens is 1. The molecule has 3 rings (SSSR count). The Kier molecular flexibility index (Phi) is 6.61. The Hall–Kier alpha value is -2.65. The molecule has 0 bridgehead atoms. The van der Waals surface area contributed by atoms with Gasteiger partial charge < -0.3 is 9.80 Å². The van der Waals surface area contributed by atoms with Gasteiger partial charge in [-0.2, -0.15) is 0 Å². The monoisotopic (exact) mass is 359 g/mol. The van der Waals surface area contributed by atoms with Gasteiger partial charge in [-0.15, -0.1) is 0 Å². The van der Waals surface area contributed by atoms with Crippen molar-refractivity contribution in [2.75, 3.05) is 38.6 Å². The number of nitrogens with zero attached hydrogens (tertiary/aromatic N) is 3. The lowest BCUT2D eigenvalue weighted by molar-refractivity contribution is 0.400. The van der Waals surface area contributed by atoms with Crippen LogP contribution in [0.2, 0.25) is 0 Å². The van der Waals surface area contributed by atoms with Crippen molar-refractivity contribution in [2.45, 2.75) is 13.3 Å². The maximum absolute atomic E-state index is 4.43. The molecule has 3 nitrogen and oxygen atoms in total. The van der Waals surface area contributed by atoms with E-state index in [1.54, 1.807) is 0 Å². The van der Waals surface area contributed by atoms with E-state index in [1.807, 2.05) is 12.3 Å². The van der Waals surface area contributed by atoms with E-state index in [0.29, 0.717) is 0 Å². The summed E-state index contributed by atoms with van der Waals surface area (Å²) in [6.45, 7) is 5.47. The van der Waals surface area contributed by atoms with Crippen LogP contribution in [0.15, 0.2) is 60.8 Å². The summed E-state index contributed by atoms with van der Waals surface area (Å²) in [5.74, 6) is 0. The average molecular weight is 360 g/mol. The molecule has 140 valence electrons. The van der Waals surface area contributed by atoms with E-state index in [1.165, 1.54) is 28.6 Å². The first-order valence-electron chi connectivity index (χ1n) is 9.69. The third-order valence-corrected chi connectivity index (χ3v) is 4.81. The zero-order valence-electron chi connectivity index (χ0n) is 16.6. The molecule has 27 heavy (non-hydrogen) atoms. The highest BCUT2D eigenvalue weighted by Crippen LogP contribution is 2.20. The summed E-state index contributed by atoms with van der Waals surface area (Å²) < 4.78 is 0. The number of fused-ring (bicyclic) bond motifs is 1. The molecule has 0 spiro atoms. The Morgan fingerprint density at radius 3 is 2.41 bits per heavy atom. The molecule has 0 aliphatic rings. The fourth-order valence-corrected chi connectivity index (χ4v) is 3.29. The second kappa shape index (κ2) is 9.33. The highest BCUT2D eigenvalue weighted by atomic mass is 15.1. The molecule has 3 aromatic rings. The van der Waals surface area contributed by atoms with Gasteiger partial charge in [0.15, 0.2) is 0 Å². The van der Waals surface area contributed by atoms with Gasteiger partial charge in [0, 0.05) is 30.4 Å². The quantitative estimate of drug-likeness (QED) is 0.552. The van der Waals surface area contributed by atoms with Gasteiger partial charge >= 0.3 is 0 Å². The lowest BCUT2D eigenvalue weighted by atomic mass is 10.1. The summed E-state index contributed by atoms with van der Waals surface area (Å²) in [6, 6.07) is 19.2. The van der Waals surface area contributed by atoms with Crippen LogP contribution < -0.4 is 4.90 Å². The number of hydrogen-bond acceptors (Lipinski definition) is 3. The Morgan fingerprint density at radius 1 is 0.889 bits per heavy atom. The minimum absolute atomic E-state index is 1.03. The Morgan fingerprint density at radius 2 is 1.67 bits per heavy atom. The summed E-state index contributed by atoms with van der Waals surface area (Å²) >= 11 is 0. The highest BCUT2D eigenvalue weighted by molar-refractivity contribution is 5.90. The minimum atomic E-state index is 1.03. The Labute approximate surface area is 163 Å². The van der Waals surface area contributed by atoms with Gasteiger partial charge in [0.25, 0.3) is 0 Å². The SMILES string of the molecule is CCN(CCCN(C)C)c1ccc(/C=C/c2ccnc3ccccc23)cc1. The number of rotatable bonds is 8. The molecule has 0 fully saturated rings. The van der Waals surface area contributed by atoms with Crippen molar-refractivity contribution in [1.82, 2.24) is 9.88 Å². The van der Waals surface area contributed by atoms with Crippen molar-refractivity contribution in [3.63, 3.8) is 0 Å². The van der Waals surface area contributed by atoms with E-state index in [4.69, 9.17) is 0 Å². The summed E-state index contributed by atoms with van der Waals surface area (Å²) in [4.78, 5) is 9.11. The van der Waals surface area contributed by atoms with E-state index in [-0.39, 0.29) is 0 Å². The van der Waals surface area contributed by atoms with Gasteiger partial charge in [-0.25, -0.2) is 0 Å². The smallest absolute Gasteiger partial charge is 0.0707 e. The van der Waals surface area contributed by atoms with Crippen LogP contribution in [0.1, 0.15) is 24.5 Å². The number of hydrogen-bond donors (Lipinski definition) is 0. The van der Waals surface area contributed by atoms with Gasteiger partial charge in [-0.1, -0.05) is 42.5 Å². The number of pyridine rings is 1. The standard InChI is InChI=1S/C24H29N3/c1-4-27(19-7-18-26(2)3)22-14-11-20(12-15-22)10-13-21-16-17-25-24-9-6-5-8-23(21)24/h5-6,8-17H,4,7,18-19H2,1-3H3/b13-10+. The molecule has 2 aromatic carbocycles. The lowest BCUT2D eigenvalue weighted by Crippen LogP contribution is -2.26. The van der Waals surface area contributed by atoms with Gasteiger partial charge in [0.2, 0.25) is 0 Å². The molecule has 0 aliphatic heterocycles. The topological polar surface area (TPSA) is 19.4 Å².